The SMILES string of the molecule is CSc1n[nH]c2ncnc(N(C)Cc3ccc(Cl)cc3)c12. The molecule has 0 aliphatic rings. The van der Waals surface area contributed by atoms with E-state index in [0.29, 0.717) is 0 Å². The van der Waals surface area contributed by atoms with E-state index in [1.807, 2.05) is 37.6 Å². The van der Waals surface area contributed by atoms with Gasteiger partial charge in [0.15, 0.2) is 5.65 Å². The Labute approximate surface area is 131 Å². The predicted molar refractivity (Wildman–Crippen MR) is 87.0 cm³/mol. The molecule has 108 valence electrons. The lowest BCUT2D eigenvalue weighted by atomic mass is 10.2. The second kappa shape index (κ2) is 5.91. The van der Waals surface area contributed by atoms with Crippen LogP contribution in [0.4, 0.5) is 5.82 Å². The maximum atomic E-state index is 5.92. The van der Waals surface area contributed by atoms with E-state index in [4.69, 9.17) is 11.6 Å². The van der Waals surface area contributed by atoms with E-state index in [1.54, 1.807) is 18.1 Å². The summed E-state index contributed by atoms with van der Waals surface area (Å²) < 4.78 is 0. The number of hydrogen-bond donors (Lipinski definition) is 1. The summed E-state index contributed by atoms with van der Waals surface area (Å²) in [7, 11) is 2.01. The minimum atomic E-state index is 0.738. The van der Waals surface area contributed by atoms with Gasteiger partial charge in [0, 0.05) is 18.6 Å². The molecule has 0 bridgehead atoms. The zero-order chi connectivity index (χ0) is 14.8. The Hall–Kier alpha value is -1.79. The van der Waals surface area contributed by atoms with E-state index < -0.39 is 0 Å². The van der Waals surface area contributed by atoms with Gasteiger partial charge >= 0.3 is 0 Å². The standard InChI is InChI=1S/C14H14ClN5S/c1-20(7-9-3-5-10(15)6-4-9)13-11-12(16-8-17-13)18-19-14(11)21-2/h3-6,8H,7H2,1-2H3,(H,16,17,18,19). The zero-order valence-corrected chi connectivity index (χ0v) is 13.2. The molecule has 0 fully saturated rings. The van der Waals surface area contributed by atoms with Gasteiger partial charge in [-0.25, -0.2) is 9.97 Å². The summed E-state index contributed by atoms with van der Waals surface area (Å²) in [4.78, 5) is 10.7. The Balaban J connectivity index is 1.95. The maximum absolute atomic E-state index is 5.92. The molecule has 0 atom stereocenters. The van der Waals surface area contributed by atoms with Gasteiger partial charge in [-0.05, 0) is 24.0 Å². The van der Waals surface area contributed by atoms with Crippen LogP contribution in [0.15, 0.2) is 35.6 Å². The number of aromatic amines is 1. The monoisotopic (exact) mass is 319 g/mol. The van der Waals surface area contributed by atoms with Crippen molar-refractivity contribution in [3.63, 3.8) is 0 Å². The Bertz CT molecular complexity index is 756. The first-order valence-corrected chi connectivity index (χ1v) is 7.98. The van der Waals surface area contributed by atoms with Crippen LogP contribution in [0.25, 0.3) is 11.0 Å². The predicted octanol–water partition coefficient (Wildman–Crippen LogP) is 3.36. The topological polar surface area (TPSA) is 57.7 Å². The highest BCUT2D eigenvalue weighted by molar-refractivity contribution is 7.98. The summed E-state index contributed by atoms with van der Waals surface area (Å²) in [6, 6.07) is 7.82. The van der Waals surface area contributed by atoms with Crippen LogP contribution >= 0.6 is 23.4 Å². The van der Waals surface area contributed by atoms with Crippen LogP contribution in [-0.2, 0) is 6.54 Å². The van der Waals surface area contributed by atoms with E-state index in [2.05, 4.69) is 25.1 Å². The van der Waals surface area contributed by atoms with Gasteiger partial charge in [-0.2, -0.15) is 5.10 Å². The smallest absolute Gasteiger partial charge is 0.161 e. The number of nitrogens with one attached hydrogen (secondary N) is 1. The number of hydrogen-bond acceptors (Lipinski definition) is 5. The first-order chi connectivity index (χ1) is 10.2. The number of anilines is 1. The molecule has 1 aromatic carbocycles. The Kier molecular flexibility index (Phi) is 3.98. The average Bonchev–Trinajstić information content (AvgIpc) is 2.92. The van der Waals surface area contributed by atoms with Gasteiger partial charge in [0.25, 0.3) is 0 Å². The Morgan fingerprint density at radius 2 is 2.00 bits per heavy atom. The molecular formula is C14H14ClN5S. The molecule has 1 N–H and O–H groups in total. The lowest BCUT2D eigenvalue weighted by molar-refractivity contribution is 0.899. The Morgan fingerprint density at radius 1 is 1.24 bits per heavy atom. The first kappa shape index (κ1) is 14.2. The summed E-state index contributed by atoms with van der Waals surface area (Å²) in [5, 5.41) is 9.81. The molecular weight excluding hydrogens is 306 g/mol. The third-order valence-corrected chi connectivity index (χ3v) is 4.13. The van der Waals surface area contributed by atoms with Crippen molar-refractivity contribution in [1.82, 2.24) is 20.2 Å². The van der Waals surface area contributed by atoms with E-state index in [0.717, 1.165) is 33.4 Å². The van der Waals surface area contributed by atoms with Crippen molar-refractivity contribution < 1.29 is 0 Å². The molecule has 7 heteroatoms. The second-order valence-electron chi connectivity index (χ2n) is 4.64. The largest absolute Gasteiger partial charge is 0.355 e. The van der Waals surface area contributed by atoms with Crippen molar-refractivity contribution in [3.8, 4) is 0 Å². The van der Waals surface area contributed by atoms with Crippen LogP contribution in [0.5, 0.6) is 0 Å². The van der Waals surface area contributed by atoms with Crippen LogP contribution in [0, 0.1) is 0 Å². The van der Waals surface area contributed by atoms with Crippen molar-refractivity contribution in [3.05, 3.63) is 41.2 Å². The molecule has 0 saturated carbocycles. The van der Waals surface area contributed by atoms with Crippen LogP contribution in [0.3, 0.4) is 0 Å². The average molecular weight is 320 g/mol. The molecule has 21 heavy (non-hydrogen) atoms. The fourth-order valence-corrected chi connectivity index (χ4v) is 2.85. The van der Waals surface area contributed by atoms with Gasteiger partial charge in [0.1, 0.15) is 17.2 Å². The Morgan fingerprint density at radius 3 is 2.71 bits per heavy atom. The number of aromatic nitrogens is 4. The summed E-state index contributed by atoms with van der Waals surface area (Å²) in [6.45, 7) is 0.738. The highest BCUT2D eigenvalue weighted by Crippen LogP contribution is 2.30. The molecule has 0 aliphatic heterocycles. The fraction of sp³-hybridized carbons (Fsp3) is 0.214. The van der Waals surface area contributed by atoms with E-state index in [1.165, 1.54) is 5.56 Å². The molecule has 3 aromatic rings. The molecule has 0 radical (unpaired) electrons. The highest BCUT2D eigenvalue weighted by Gasteiger charge is 2.15. The number of halogens is 1. The minimum Gasteiger partial charge on any atom is -0.355 e. The zero-order valence-electron chi connectivity index (χ0n) is 11.7. The van der Waals surface area contributed by atoms with E-state index in [9.17, 15) is 0 Å². The number of benzene rings is 1. The lowest BCUT2D eigenvalue weighted by Gasteiger charge is -2.19. The fourth-order valence-electron chi connectivity index (χ4n) is 2.19. The van der Waals surface area contributed by atoms with Gasteiger partial charge in [-0.3, -0.25) is 5.10 Å². The quantitative estimate of drug-likeness (QED) is 0.747. The number of rotatable bonds is 4. The number of thioether (sulfide) groups is 1. The molecule has 2 heterocycles. The maximum Gasteiger partial charge on any atom is 0.161 e. The highest BCUT2D eigenvalue weighted by atomic mass is 35.5. The molecule has 0 aliphatic carbocycles. The lowest BCUT2D eigenvalue weighted by Crippen LogP contribution is -2.18. The van der Waals surface area contributed by atoms with Crippen molar-refractivity contribution in [2.24, 2.45) is 0 Å². The summed E-state index contributed by atoms with van der Waals surface area (Å²) in [5.74, 6) is 0.869. The van der Waals surface area contributed by atoms with Gasteiger partial charge in [-0.15, -0.1) is 11.8 Å². The second-order valence-corrected chi connectivity index (χ2v) is 5.87. The molecule has 0 unspecified atom stereocenters. The molecule has 3 rings (SSSR count). The van der Waals surface area contributed by atoms with Crippen molar-refractivity contribution >= 4 is 40.2 Å². The number of H-pyrrole nitrogens is 1. The van der Waals surface area contributed by atoms with E-state index in [-0.39, 0.29) is 0 Å². The van der Waals surface area contributed by atoms with Gasteiger partial charge in [0.05, 0.1) is 5.39 Å². The van der Waals surface area contributed by atoms with Crippen LogP contribution in [-0.4, -0.2) is 33.5 Å². The molecule has 2 aromatic heterocycles. The van der Waals surface area contributed by atoms with Crippen molar-refractivity contribution in [2.75, 3.05) is 18.2 Å². The third kappa shape index (κ3) is 2.82. The molecule has 0 amide bonds. The minimum absolute atomic E-state index is 0.738. The van der Waals surface area contributed by atoms with Crippen molar-refractivity contribution in [1.29, 1.82) is 0 Å². The van der Waals surface area contributed by atoms with Gasteiger partial charge in [-0.1, -0.05) is 23.7 Å². The van der Waals surface area contributed by atoms with Crippen LogP contribution in [0.1, 0.15) is 5.56 Å². The number of nitrogens with zero attached hydrogens (tertiary/aromatic N) is 4. The molecule has 0 saturated heterocycles. The van der Waals surface area contributed by atoms with Crippen LogP contribution in [0.2, 0.25) is 5.02 Å². The van der Waals surface area contributed by atoms with E-state index >= 15 is 0 Å². The summed E-state index contributed by atoms with van der Waals surface area (Å²) >= 11 is 7.50. The van der Waals surface area contributed by atoms with Crippen LogP contribution < -0.4 is 4.90 Å². The third-order valence-electron chi connectivity index (χ3n) is 3.19. The molecule has 5 nitrogen and oxygen atoms in total. The van der Waals surface area contributed by atoms with Gasteiger partial charge < -0.3 is 4.90 Å². The summed E-state index contributed by atoms with van der Waals surface area (Å²) in [5.41, 5.74) is 1.93. The first-order valence-electron chi connectivity index (χ1n) is 6.37. The van der Waals surface area contributed by atoms with Gasteiger partial charge in [0.2, 0.25) is 0 Å². The van der Waals surface area contributed by atoms with Crippen molar-refractivity contribution in [2.45, 2.75) is 11.6 Å². The molecule has 0 spiro atoms. The normalized spacial score (nSPS) is 11.0. The number of fused-ring (bicyclic) bond motifs is 1. The summed E-state index contributed by atoms with van der Waals surface area (Å²) in [6.07, 6.45) is 3.55.